The topological polar surface area (TPSA) is 62.3 Å². The molecule has 5 nitrogen and oxygen atoms in total. The normalized spacial score (nSPS) is 9.94. The third kappa shape index (κ3) is 4.10. The number of pyridine rings is 1. The van der Waals surface area contributed by atoms with Gasteiger partial charge in [0.15, 0.2) is 0 Å². The van der Waals surface area contributed by atoms with Gasteiger partial charge in [-0.2, -0.15) is 0 Å². The summed E-state index contributed by atoms with van der Waals surface area (Å²) in [5.74, 6) is -0.361. The molecule has 1 N–H and O–H groups in total. The van der Waals surface area contributed by atoms with Crippen LogP contribution in [0.1, 0.15) is 24.2 Å². The van der Waals surface area contributed by atoms with Crippen molar-refractivity contribution < 1.29 is 9.59 Å². The van der Waals surface area contributed by atoms with Crippen molar-refractivity contribution in [3.8, 4) is 0 Å². The molecule has 0 spiro atoms. The number of carbonyl (C=O) groups excluding carboxylic acids is 2. The summed E-state index contributed by atoms with van der Waals surface area (Å²) >= 11 is 3.19. The van der Waals surface area contributed by atoms with Gasteiger partial charge in [0.1, 0.15) is 4.60 Å². The number of carbonyl (C=O) groups is 2. The van der Waals surface area contributed by atoms with E-state index in [0.717, 1.165) is 0 Å². The van der Waals surface area contributed by atoms with Crippen molar-refractivity contribution in [3.63, 3.8) is 0 Å². The van der Waals surface area contributed by atoms with Crippen molar-refractivity contribution in [2.45, 2.75) is 13.8 Å². The molecule has 1 heterocycles. The molecule has 0 unspecified atom stereocenters. The van der Waals surface area contributed by atoms with E-state index in [1.54, 1.807) is 17.0 Å². The molecular weight excluding hydrogens is 298 g/mol. The van der Waals surface area contributed by atoms with E-state index >= 15 is 0 Å². The Hall–Kier alpha value is -1.43. The quantitative estimate of drug-likeness (QED) is 0.837. The number of nitrogens with zero attached hydrogens (tertiary/aromatic N) is 2. The van der Waals surface area contributed by atoms with E-state index in [1.165, 1.54) is 6.20 Å². The highest BCUT2D eigenvalue weighted by Crippen LogP contribution is 2.07. The Morgan fingerprint density at radius 3 is 2.61 bits per heavy atom. The van der Waals surface area contributed by atoms with Crippen molar-refractivity contribution in [2.24, 2.45) is 0 Å². The molecule has 0 aliphatic heterocycles. The Morgan fingerprint density at radius 1 is 1.39 bits per heavy atom. The largest absolute Gasteiger partial charge is 0.343 e. The first kappa shape index (κ1) is 14.6. The van der Waals surface area contributed by atoms with Crippen molar-refractivity contribution >= 4 is 27.7 Å². The molecule has 98 valence electrons. The van der Waals surface area contributed by atoms with E-state index < -0.39 is 0 Å². The molecule has 6 heteroatoms. The Kier molecular flexibility index (Phi) is 5.77. The highest BCUT2D eigenvalue weighted by atomic mass is 79.9. The lowest BCUT2D eigenvalue weighted by atomic mass is 10.2. The summed E-state index contributed by atoms with van der Waals surface area (Å²) in [6.45, 7) is 5.12. The molecule has 0 aliphatic rings. The summed E-state index contributed by atoms with van der Waals surface area (Å²) in [6, 6.07) is 3.21. The zero-order valence-electron chi connectivity index (χ0n) is 10.4. The van der Waals surface area contributed by atoms with Crippen LogP contribution in [0.15, 0.2) is 22.9 Å². The van der Waals surface area contributed by atoms with Crippen LogP contribution in [0.3, 0.4) is 0 Å². The highest BCUT2D eigenvalue weighted by Gasteiger charge is 2.12. The predicted octanol–water partition coefficient (Wildman–Crippen LogP) is 1.44. The van der Waals surface area contributed by atoms with E-state index in [1.807, 2.05) is 13.8 Å². The van der Waals surface area contributed by atoms with Crippen LogP contribution in [-0.4, -0.2) is 41.3 Å². The number of hydrogen-bond donors (Lipinski definition) is 1. The van der Waals surface area contributed by atoms with Crippen molar-refractivity contribution in [2.75, 3.05) is 19.6 Å². The van der Waals surface area contributed by atoms with E-state index in [2.05, 4.69) is 26.2 Å². The lowest BCUT2D eigenvalue weighted by Crippen LogP contribution is -2.40. The van der Waals surface area contributed by atoms with Crippen LogP contribution < -0.4 is 5.32 Å². The summed E-state index contributed by atoms with van der Waals surface area (Å²) < 4.78 is 0.588. The van der Waals surface area contributed by atoms with Gasteiger partial charge in [-0.1, -0.05) is 0 Å². The third-order valence-electron chi connectivity index (χ3n) is 2.51. The molecule has 1 aromatic rings. The molecule has 0 fully saturated rings. The number of aromatic nitrogens is 1. The van der Waals surface area contributed by atoms with Crippen LogP contribution in [0.25, 0.3) is 0 Å². The maximum atomic E-state index is 11.8. The van der Waals surface area contributed by atoms with Gasteiger partial charge in [-0.15, -0.1) is 0 Å². The molecule has 0 aliphatic carbocycles. The van der Waals surface area contributed by atoms with Gasteiger partial charge in [-0.3, -0.25) is 9.59 Å². The molecule has 0 aromatic carbocycles. The predicted molar refractivity (Wildman–Crippen MR) is 72.2 cm³/mol. The smallest absolute Gasteiger partial charge is 0.251 e. The lowest BCUT2D eigenvalue weighted by Gasteiger charge is -2.18. The number of hydrogen-bond acceptors (Lipinski definition) is 3. The summed E-state index contributed by atoms with van der Waals surface area (Å²) in [4.78, 5) is 29.1. The zero-order chi connectivity index (χ0) is 13.5. The molecule has 1 rings (SSSR count). The molecule has 18 heavy (non-hydrogen) atoms. The van der Waals surface area contributed by atoms with Gasteiger partial charge >= 0.3 is 0 Å². The van der Waals surface area contributed by atoms with Crippen molar-refractivity contribution in [3.05, 3.63) is 28.5 Å². The van der Waals surface area contributed by atoms with Gasteiger partial charge in [0.05, 0.1) is 6.54 Å². The molecule has 0 saturated carbocycles. The van der Waals surface area contributed by atoms with Crippen LogP contribution in [0.2, 0.25) is 0 Å². The van der Waals surface area contributed by atoms with Crippen molar-refractivity contribution in [1.29, 1.82) is 0 Å². The van der Waals surface area contributed by atoms with Gasteiger partial charge < -0.3 is 10.2 Å². The van der Waals surface area contributed by atoms with E-state index in [0.29, 0.717) is 23.3 Å². The highest BCUT2D eigenvalue weighted by molar-refractivity contribution is 9.10. The average molecular weight is 314 g/mol. The second kappa shape index (κ2) is 7.10. The monoisotopic (exact) mass is 313 g/mol. The van der Waals surface area contributed by atoms with Gasteiger partial charge in [-0.25, -0.2) is 4.98 Å². The number of nitrogens with one attached hydrogen (secondary N) is 1. The van der Waals surface area contributed by atoms with Crippen LogP contribution in [0, 0.1) is 0 Å². The number of halogens is 1. The fraction of sp³-hybridized carbons (Fsp3) is 0.417. The minimum atomic E-state index is -0.279. The van der Waals surface area contributed by atoms with Gasteiger partial charge in [0.25, 0.3) is 5.91 Å². The molecule has 0 bridgehead atoms. The first-order valence-electron chi connectivity index (χ1n) is 5.76. The minimum absolute atomic E-state index is 0.0143. The van der Waals surface area contributed by atoms with E-state index in [4.69, 9.17) is 0 Å². The Bertz CT molecular complexity index is 433. The summed E-state index contributed by atoms with van der Waals surface area (Å²) in [5.41, 5.74) is 0.476. The number of likely N-dealkylation sites (N-methyl/N-ethyl adjacent to an activating group) is 1. The average Bonchev–Trinajstić information content (AvgIpc) is 2.37. The van der Waals surface area contributed by atoms with E-state index in [9.17, 15) is 9.59 Å². The summed E-state index contributed by atoms with van der Waals surface area (Å²) in [6.07, 6.45) is 1.53. The summed E-state index contributed by atoms with van der Waals surface area (Å²) in [5, 5.41) is 2.60. The molecule has 2 amide bonds. The maximum absolute atomic E-state index is 11.8. The van der Waals surface area contributed by atoms with Gasteiger partial charge in [-0.05, 0) is 41.9 Å². The van der Waals surface area contributed by atoms with E-state index in [-0.39, 0.29) is 18.4 Å². The standard InChI is InChI=1S/C12H16BrN3O2/c1-3-16(4-2)11(17)8-15-12(18)9-5-6-14-10(13)7-9/h5-7H,3-4,8H2,1-2H3,(H,15,18). The molecule has 1 aromatic heterocycles. The fourth-order valence-electron chi connectivity index (χ4n) is 1.49. The second-order valence-electron chi connectivity index (χ2n) is 3.62. The minimum Gasteiger partial charge on any atom is -0.343 e. The first-order chi connectivity index (χ1) is 8.58. The lowest BCUT2D eigenvalue weighted by molar-refractivity contribution is -0.129. The van der Waals surface area contributed by atoms with Crippen LogP contribution >= 0.6 is 15.9 Å². The first-order valence-corrected chi connectivity index (χ1v) is 6.55. The zero-order valence-corrected chi connectivity index (χ0v) is 12.0. The van der Waals surface area contributed by atoms with Crippen molar-refractivity contribution in [1.82, 2.24) is 15.2 Å². The fourth-order valence-corrected chi connectivity index (χ4v) is 1.85. The van der Waals surface area contributed by atoms with Gasteiger partial charge in [0.2, 0.25) is 5.91 Å². The Morgan fingerprint density at radius 2 is 2.06 bits per heavy atom. The molecule has 0 radical (unpaired) electrons. The summed E-state index contributed by atoms with van der Waals surface area (Å²) in [7, 11) is 0. The van der Waals surface area contributed by atoms with Crippen LogP contribution in [0.4, 0.5) is 0 Å². The Balaban J connectivity index is 2.54. The van der Waals surface area contributed by atoms with Crippen LogP contribution in [-0.2, 0) is 4.79 Å². The Labute approximate surface area is 115 Å². The third-order valence-corrected chi connectivity index (χ3v) is 2.94. The molecule has 0 saturated heterocycles. The number of amides is 2. The SMILES string of the molecule is CCN(CC)C(=O)CNC(=O)c1ccnc(Br)c1. The molecule has 0 atom stereocenters. The van der Waals surface area contributed by atoms with Gasteiger partial charge in [0, 0.05) is 24.8 Å². The maximum Gasteiger partial charge on any atom is 0.251 e. The number of rotatable bonds is 5. The molecular formula is C12H16BrN3O2. The van der Waals surface area contributed by atoms with Crippen LogP contribution in [0.5, 0.6) is 0 Å². The second-order valence-corrected chi connectivity index (χ2v) is 4.43.